The highest BCUT2D eigenvalue weighted by molar-refractivity contribution is 6.76. The maximum Gasteiger partial charge on any atom is 0.604 e. The minimum atomic E-state index is -3.13. The highest BCUT2D eigenvalue weighted by Gasteiger charge is 2.44. The van der Waals surface area contributed by atoms with E-state index in [1.165, 1.54) is 36.5 Å². The lowest BCUT2D eigenvalue weighted by molar-refractivity contribution is -0.124. The van der Waals surface area contributed by atoms with Crippen molar-refractivity contribution >= 4 is 20.5 Å². The van der Waals surface area contributed by atoms with E-state index in [1.807, 2.05) is 30.3 Å². The average molecular weight is 300 g/mol. The molecule has 0 spiro atoms. The van der Waals surface area contributed by atoms with Gasteiger partial charge in [0.05, 0.1) is 0 Å². The quantitative estimate of drug-likeness (QED) is 0.533. The van der Waals surface area contributed by atoms with Crippen LogP contribution in [0, 0.1) is 0 Å². The summed E-state index contributed by atoms with van der Waals surface area (Å²) in [6.07, 6.45) is 0.873. The Hall–Kier alpha value is -1.95. The Morgan fingerprint density at radius 2 is 1.71 bits per heavy atom. The summed E-state index contributed by atoms with van der Waals surface area (Å²) in [7, 11) is -0.131. The van der Waals surface area contributed by atoms with Gasteiger partial charge in [0.25, 0.3) is 6.47 Å². The van der Waals surface area contributed by atoms with Crippen LogP contribution in [0.1, 0.15) is 11.1 Å². The van der Waals surface area contributed by atoms with Gasteiger partial charge in [-0.05, 0) is 28.7 Å². The first-order chi connectivity index (χ1) is 10.2. The van der Waals surface area contributed by atoms with Gasteiger partial charge in [-0.3, -0.25) is 4.79 Å². The van der Waals surface area contributed by atoms with Crippen molar-refractivity contribution in [3.05, 3.63) is 53.6 Å². The molecule has 0 bridgehead atoms. The van der Waals surface area contributed by atoms with E-state index < -0.39 is 8.80 Å². The number of hydrogen-bond acceptors (Lipinski definition) is 4. The second-order valence-corrected chi connectivity index (χ2v) is 7.63. The molecule has 0 aromatic heterocycles. The second-order valence-electron chi connectivity index (χ2n) is 4.88. The van der Waals surface area contributed by atoms with E-state index in [2.05, 4.69) is 12.1 Å². The third kappa shape index (κ3) is 2.19. The number of carbonyl (C=O) groups excluding carboxylic acids is 1. The van der Waals surface area contributed by atoms with Gasteiger partial charge < -0.3 is 13.3 Å². The highest BCUT2D eigenvalue weighted by Crippen LogP contribution is 2.35. The monoisotopic (exact) mass is 300 g/mol. The summed E-state index contributed by atoms with van der Waals surface area (Å²) < 4.78 is 16.0. The zero-order valence-corrected chi connectivity index (χ0v) is 13.0. The lowest BCUT2D eigenvalue weighted by Crippen LogP contribution is -2.55. The minimum absolute atomic E-state index is 0.390. The Balaban J connectivity index is 2.05. The van der Waals surface area contributed by atoms with Crippen LogP contribution < -0.4 is 5.19 Å². The Morgan fingerprint density at radius 1 is 1.00 bits per heavy atom. The van der Waals surface area contributed by atoms with Crippen LogP contribution in [0.3, 0.4) is 0 Å². The van der Waals surface area contributed by atoms with E-state index in [0.717, 1.165) is 11.6 Å². The van der Waals surface area contributed by atoms with Crippen molar-refractivity contribution in [2.24, 2.45) is 0 Å². The van der Waals surface area contributed by atoms with Crippen LogP contribution in [0.5, 0.6) is 0 Å². The van der Waals surface area contributed by atoms with Crippen LogP contribution in [0.4, 0.5) is 0 Å². The Morgan fingerprint density at radius 3 is 2.43 bits per heavy atom. The number of fused-ring (bicyclic) bond motifs is 3. The zero-order valence-electron chi connectivity index (χ0n) is 12.0. The summed E-state index contributed by atoms with van der Waals surface area (Å²) in [5.41, 5.74) is 4.99. The molecule has 0 aliphatic heterocycles. The predicted octanol–water partition coefficient (Wildman–Crippen LogP) is 1.87. The maximum atomic E-state index is 10.8. The molecule has 4 nitrogen and oxygen atoms in total. The first-order valence-electron chi connectivity index (χ1n) is 6.67. The molecule has 108 valence electrons. The second kappa shape index (κ2) is 5.44. The van der Waals surface area contributed by atoms with E-state index in [0.29, 0.717) is 6.47 Å². The number of carbonyl (C=O) groups is 1. The van der Waals surface area contributed by atoms with Gasteiger partial charge in [0.15, 0.2) is 0 Å². The number of benzene rings is 2. The summed E-state index contributed by atoms with van der Waals surface area (Å²) >= 11 is 0. The molecule has 0 saturated heterocycles. The summed E-state index contributed by atoms with van der Waals surface area (Å²) in [5.74, 6) is 0. The third-order valence-corrected chi connectivity index (χ3v) is 6.39. The average Bonchev–Trinajstić information content (AvgIpc) is 2.90. The van der Waals surface area contributed by atoms with Crippen LogP contribution in [0.25, 0.3) is 11.1 Å². The smallest absolute Gasteiger partial charge is 0.472 e. The molecular weight excluding hydrogens is 284 g/mol. The Bertz CT molecular complexity index is 680. The molecule has 0 heterocycles. The summed E-state index contributed by atoms with van der Waals surface area (Å²) in [6, 6.07) is 14.3. The first kappa shape index (κ1) is 14.0. The molecule has 1 aliphatic carbocycles. The molecule has 2 aromatic carbocycles. The van der Waals surface area contributed by atoms with Gasteiger partial charge >= 0.3 is 8.80 Å². The van der Waals surface area contributed by atoms with Crippen LogP contribution in [-0.2, 0) is 24.5 Å². The molecule has 3 rings (SSSR count). The largest absolute Gasteiger partial charge is 0.604 e. The summed E-state index contributed by atoms with van der Waals surface area (Å²) in [4.78, 5) is 10.8. The van der Waals surface area contributed by atoms with Crippen LogP contribution in [-0.4, -0.2) is 29.5 Å². The summed E-state index contributed by atoms with van der Waals surface area (Å²) in [5, 5.41) is 0.797. The van der Waals surface area contributed by atoms with Gasteiger partial charge in [-0.2, -0.15) is 0 Å². The predicted molar refractivity (Wildman–Crippen MR) is 81.2 cm³/mol. The minimum Gasteiger partial charge on any atom is -0.472 e. The molecule has 1 aliphatic rings. The number of hydrogen-bond donors (Lipinski definition) is 0. The molecule has 21 heavy (non-hydrogen) atoms. The number of rotatable bonds is 5. The van der Waals surface area contributed by atoms with E-state index in [-0.39, 0.29) is 0 Å². The third-order valence-electron chi connectivity index (χ3n) is 3.89. The van der Waals surface area contributed by atoms with Gasteiger partial charge in [0.2, 0.25) is 0 Å². The molecule has 2 aromatic rings. The van der Waals surface area contributed by atoms with E-state index in [9.17, 15) is 4.79 Å². The molecule has 5 heteroatoms. The molecule has 0 N–H and O–H groups in total. The van der Waals surface area contributed by atoms with Crippen molar-refractivity contribution in [3.63, 3.8) is 0 Å². The zero-order chi connectivity index (χ0) is 14.9. The van der Waals surface area contributed by atoms with Gasteiger partial charge in [0.1, 0.15) is 0 Å². The summed E-state index contributed by atoms with van der Waals surface area (Å²) in [6.45, 7) is 0.390. The lowest BCUT2D eigenvalue weighted by atomic mass is 10.1. The Labute approximate surface area is 124 Å². The molecule has 0 fully saturated rings. The molecule has 0 radical (unpaired) electrons. The fourth-order valence-electron chi connectivity index (χ4n) is 2.88. The van der Waals surface area contributed by atoms with Crippen LogP contribution >= 0.6 is 0 Å². The topological polar surface area (TPSA) is 44.8 Å². The van der Waals surface area contributed by atoms with Crippen molar-refractivity contribution in [1.29, 1.82) is 0 Å². The van der Waals surface area contributed by atoms with Crippen LogP contribution in [0.15, 0.2) is 42.5 Å². The first-order valence-corrected chi connectivity index (χ1v) is 8.40. The molecule has 0 unspecified atom stereocenters. The van der Waals surface area contributed by atoms with Gasteiger partial charge in [0, 0.05) is 19.4 Å². The van der Waals surface area contributed by atoms with Crippen molar-refractivity contribution in [2.75, 3.05) is 14.2 Å². The van der Waals surface area contributed by atoms with E-state index >= 15 is 0 Å². The standard InChI is InChI=1S/C16H16O4Si/c1-18-21(19-2,20-11-17)14-7-8-16-13(10-14)9-12-5-3-4-6-15(12)16/h3-8,10-11H,9H2,1-2H3. The van der Waals surface area contributed by atoms with E-state index in [1.54, 1.807) is 0 Å². The van der Waals surface area contributed by atoms with Crippen LogP contribution in [0.2, 0.25) is 0 Å². The van der Waals surface area contributed by atoms with Crippen molar-refractivity contribution < 1.29 is 18.1 Å². The molecule has 0 amide bonds. The molecular formula is C16H16O4Si. The molecule has 0 atom stereocenters. The van der Waals surface area contributed by atoms with E-state index in [4.69, 9.17) is 13.3 Å². The van der Waals surface area contributed by atoms with Crippen molar-refractivity contribution in [3.8, 4) is 11.1 Å². The fraction of sp³-hybridized carbons (Fsp3) is 0.188. The SMILES string of the molecule is CO[Si](OC)(OC=O)c1ccc2c(c1)Cc1ccccc1-2. The Kier molecular flexibility index (Phi) is 3.63. The van der Waals surface area contributed by atoms with Crippen molar-refractivity contribution in [1.82, 2.24) is 0 Å². The van der Waals surface area contributed by atoms with Crippen molar-refractivity contribution in [2.45, 2.75) is 6.42 Å². The normalized spacial score (nSPS) is 12.7. The molecule has 0 saturated carbocycles. The van der Waals surface area contributed by atoms with Gasteiger partial charge in [-0.15, -0.1) is 0 Å². The fourth-order valence-corrected chi connectivity index (χ4v) is 4.61. The van der Waals surface area contributed by atoms with Gasteiger partial charge in [-0.1, -0.05) is 42.5 Å². The van der Waals surface area contributed by atoms with Gasteiger partial charge in [-0.25, -0.2) is 0 Å². The lowest BCUT2D eigenvalue weighted by Gasteiger charge is -2.24. The maximum absolute atomic E-state index is 10.8. The highest BCUT2D eigenvalue weighted by atomic mass is 28.4.